The summed E-state index contributed by atoms with van der Waals surface area (Å²) in [5, 5.41) is 12.6. The zero-order valence-corrected chi connectivity index (χ0v) is 14.1. The van der Waals surface area contributed by atoms with Gasteiger partial charge < -0.3 is 9.47 Å². The van der Waals surface area contributed by atoms with Crippen molar-refractivity contribution in [3.05, 3.63) is 33.8 Å². The fourth-order valence-electron chi connectivity index (χ4n) is 2.20. The van der Waals surface area contributed by atoms with Crippen molar-refractivity contribution < 1.29 is 14.3 Å². The van der Waals surface area contributed by atoms with Crippen LogP contribution >= 0.6 is 22.9 Å². The first-order valence-electron chi connectivity index (χ1n) is 7.25. The molecule has 2 heterocycles. The third-order valence-corrected chi connectivity index (χ3v) is 4.75. The van der Waals surface area contributed by atoms with Gasteiger partial charge in [0.2, 0.25) is 5.13 Å². The lowest BCUT2D eigenvalue weighted by molar-refractivity contribution is -0.118. The summed E-state index contributed by atoms with van der Waals surface area (Å²) in [6, 6.07) is 5.25. The van der Waals surface area contributed by atoms with Gasteiger partial charge >= 0.3 is 0 Å². The van der Waals surface area contributed by atoms with Gasteiger partial charge in [-0.2, -0.15) is 0 Å². The Balaban J connectivity index is 1.51. The molecule has 6 nitrogen and oxygen atoms in total. The minimum atomic E-state index is -0.285. The number of benzene rings is 1. The van der Waals surface area contributed by atoms with Gasteiger partial charge in [-0.05, 0) is 43.5 Å². The van der Waals surface area contributed by atoms with Crippen molar-refractivity contribution in [3.8, 4) is 5.75 Å². The lowest BCUT2D eigenvalue weighted by atomic mass is 10.2. The van der Waals surface area contributed by atoms with Crippen LogP contribution in [-0.2, 0) is 9.53 Å². The van der Waals surface area contributed by atoms with Crippen molar-refractivity contribution in [2.75, 3.05) is 18.5 Å². The van der Waals surface area contributed by atoms with Crippen LogP contribution in [0.25, 0.3) is 0 Å². The van der Waals surface area contributed by atoms with Crippen molar-refractivity contribution in [2.45, 2.75) is 25.9 Å². The minimum absolute atomic E-state index is 0.00597. The van der Waals surface area contributed by atoms with Crippen LogP contribution in [0.1, 0.15) is 29.5 Å². The quantitative estimate of drug-likeness (QED) is 0.892. The summed E-state index contributed by atoms with van der Waals surface area (Å²) in [4.78, 5) is 11.9. The molecule has 1 atom stereocenters. The smallest absolute Gasteiger partial charge is 0.264 e. The van der Waals surface area contributed by atoms with E-state index >= 15 is 0 Å². The highest BCUT2D eigenvalue weighted by Crippen LogP contribution is 2.31. The van der Waals surface area contributed by atoms with Gasteiger partial charge in [0.25, 0.3) is 5.91 Å². The van der Waals surface area contributed by atoms with E-state index in [1.165, 1.54) is 11.3 Å². The number of carbonyl (C=O) groups excluding carboxylic acids is 1. The second-order valence-electron chi connectivity index (χ2n) is 5.19. The number of hydrogen-bond donors (Lipinski definition) is 1. The molecule has 1 amide bonds. The molecule has 2 aromatic rings. The lowest BCUT2D eigenvalue weighted by Gasteiger charge is -2.07. The maximum atomic E-state index is 11.9. The van der Waals surface area contributed by atoms with E-state index in [9.17, 15) is 4.79 Å². The molecule has 1 aliphatic heterocycles. The summed E-state index contributed by atoms with van der Waals surface area (Å²) in [5.41, 5.74) is 0.898. The van der Waals surface area contributed by atoms with Crippen molar-refractivity contribution in [3.63, 3.8) is 0 Å². The molecular weight excluding hydrogens is 338 g/mol. The number of nitrogens with one attached hydrogen (secondary N) is 1. The summed E-state index contributed by atoms with van der Waals surface area (Å²) in [6.07, 6.45) is 1.98. The molecule has 1 unspecified atom stereocenters. The van der Waals surface area contributed by atoms with E-state index in [1.807, 2.05) is 6.92 Å². The summed E-state index contributed by atoms with van der Waals surface area (Å²) in [5.74, 6) is 0.312. The molecule has 0 spiro atoms. The van der Waals surface area contributed by atoms with Crippen LogP contribution in [0, 0.1) is 6.92 Å². The third-order valence-electron chi connectivity index (χ3n) is 3.39. The van der Waals surface area contributed by atoms with Crippen molar-refractivity contribution in [2.24, 2.45) is 0 Å². The molecule has 1 aromatic heterocycles. The van der Waals surface area contributed by atoms with Gasteiger partial charge in [0.1, 0.15) is 16.9 Å². The molecule has 1 saturated heterocycles. The van der Waals surface area contributed by atoms with Gasteiger partial charge in [-0.25, -0.2) is 0 Å². The number of nitrogens with zero attached hydrogens (tertiary/aromatic N) is 2. The molecular formula is C15H16ClN3O3S. The number of rotatable bonds is 5. The highest BCUT2D eigenvalue weighted by atomic mass is 35.5. The Kier molecular flexibility index (Phi) is 5.09. The van der Waals surface area contributed by atoms with Crippen LogP contribution in [0.15, 0.2) is 18.2 Å². The monoisotopic (exact) mass is 353 g/mol. The second-order valence-corrected chi connectivity index (χ2v) is 6.61. The van der Waals surface area contributed by atoms with E-state index in [1.54, 1.807) is 18.2 Å². The van der Waals surface area contributed by atoms with Crippen LogP contribution in [0.2, 0.25) is 5.02 Å². The first kappa shape index (κ1) is 16.2. The molecule has 1 aromatic carbocycles. The van der Waals surface area contributed by atoms with E-state index in [-0.39, 0.29) is 18.6 Å². The van der Waals surface area contributed by atoms with Crippen molar-refractivity contribution in [1.82, 2.24) is 10.2 Å². The number of aryl methyl sites for hydroxylation is 1. The fraction of sp³-hybridized carbons (Fsp3) is 0.400. The van der Waals surface area contributed by atoms with Crippen molar-refractivity contribution >= 4 is 34.0 Å². The largest absolute Gasteiger partial charge is 0.484 e. The van der Waals surface area contributed by atoms with Gasteiger partial charge in [0.05, 0.1) is 0 Å². The van der Waals surface area contributed by atoms with E-state index in [0.29, 0.717) is 15.9 Å². The summed E-state index contributed by atoms with van der Waals surface area (Å²) in [7, 11) is 0. The third kappa shape index (κ3) is 4.19. The van der Waals surface area contributed by atoms with Crippen LogP contribution in [-0.4, -0.2) is 29.3 Å². The Morgan fingerprint density at radius 1 is 1.52 bits per heavy atom. The van der Waals surface area contributed by atoms with Crippen LogP contribution in [0.3, 0.4) is 0 Å². The summed E-state index contributed by atoms with van der Waals surface area (Å²) >= 11 is 7.28. The van der Waals surface area contributed by atoms with Gasteiger partial charge in [0, 0.05) is 11.6 Å². The van der Waals surface area contributed by atoms with Gasteiger partial charge in [-0.1, -0.05) is 22.9 Å². The predicted molar refractivity (Wildman–Crippen MR) is 88.1 cm³/mol. The number of ether oxygens (including phenoxy) is 2. The van der Waals surface area contributed by atoms with Gasteiger partial charge in [0.15, 0.2) is 6.61 Å². The summed E-state index contributed by atoms with van der Waals surface area (Å²) < 4.78 is 11.0. The number of halogens is 1. The van der Waals surface area contributed by atoms with Gasteiger partial charge in [-0.15, -0.1) is 10.2 Å². The standard InChI is InChI=1S/C15H16ClN3O3S/c1-9-7-10(4-5-11(9)16)22-8-13(20)17-15-19-18-14(23-15)12-3-2-6-21-12/h4-5,7,12H,2-3,6,8H2,1H3,(H,17,19,20). The van der Waals surface area contributed by atoms with Crippen LogP contribution in [0.5, 0.6) is 5.75 Å². The van der Waals surface area contributed by atoms with E-state index in [0.717, 1.165) is 30.0 Å². The first-order valence-corrected chi connectivity index (χ1v) is 8.45. The molecule has 1 N–H and O–H groups in total. The summed E-state index contributed by atoms with van der Waals surface area (Å²) in [6.45, 7) is 2.53. The zero-order valence-electron chi connectivity index (χ0n) is 12.5. The molecule has 3 rings (SSSR count). The molecule has 0 aliphatic carbocycles. The topological polar surface area (TPSA) is 73.3 Å². The number of amides is 1. The van der Waals surface area contributed by atoms with E-state index in [4.69, 9.17) is 21.1 Å². The van der Waals surface area contributed by atoms with E-state index < -0.39 is 0 Å². The molecule has 0 radical (unpaired) electrons. The highest BCUT2D eigenvalue weighted by Gasteiger charge is 2.22. The maximum absolute atomic E-state index is 11.9. The predicted octanol–water partition coefficient (Wildman–Crippen LogP) is 3.37. The number of aromatic nitrogens is 2. The molecule has 1 fully saturated rings. The fourth-order valence-corrected chi connectivity index (χ4v) is 3.16. The van der Waals surface area contributed by atoms with Crippen LogP contribution in [0.4, 0.5) is 5.13 Å². The van der Waals surface area contributed by atoms with Gasteiger partial charge in [-0.3, -0.25) is 10.1 Å². The Bertz CT molecular complexity index is 701. The number of hydrogen-bond acceptors (Lipinski definition) is 6. The van der Waals surface area contributed by atoms with Crippen LogP contribution < -0.4 is 10.1 Å². The van der Waals surface area contributed by atoms with Crippen molar-refractivity contribution in [1.29, 1.82) is 0 Å². The number of carbonyl (C=O) groups is 1. The average molecular weight is 354 g/mol. The lowest BCUT2D eigenvalue weighted by Crippen LogP contribution is -2.20. The molecule has 122 valence electrons. The average Bonchev–Trinajstić information content (AvgIpc) is 3.19. The molecule has 1 aliphatic rings. The SMILES string of the molecule is Cc1cc(OCC(=O)Nc2nnc(C3CCCO3)s2)ccc1Cl. The van der Waals surface area contributed by atoms with E-state index in [2.05, 4.69) is 15.5 Å². The number of anilines is 1. The maximum Gasteiger partial charge on any atom is 0.264 e. The minimum Gasteiger partial charge on any atom is -0.484 e. The first-order chi connectivity index (χ1) is 11.1. The Morgan fingerprint density at radius 3 is 3.13 bits per heavy atom. The highest BCUT2D eigenvalue weighted by molar-refractivity contribution is 7.15. The molecule has 0 saturated carbocycles. The molecule has 0 bridgehead atoms. The second kappa shape index (κ2) is 7.25. The normalized spacial score (nSPS) is 17.2. The zero-order chi connectivity index (χ0) is 16.2. The Hall–Kier alpha value is -1.70. The molecule has 8 heteroatoms. The Labute approximate surface area is 142 Å². The molecule has 23 heavy (non-hydrogen) atoms. The Morgan fingerprint density at radius 2 is 2.39 bits per heavy atom.